The molecule has 2 heterocycles. The Morgan fingerprint density at radius 1 is 1.00 bits per heavy atom. The van der Waals surface area contributed by atoms with Crippen molar-refractivity contribution in [2.75, 3.05) is 37.9 Å². The van der Waals surface area contributed by atoms with E-state index in [0.717, 1.165) is 43.6 Å². The maximum atomic E-state index is 13.3. The van der Waals surface area contributed by atoms with E-state index in [-0.39, 0.29) is 17.6 Å². The Morgan fingerprint density at radius 2 is 1.73 bits per heavy atom. The average molecular weight is 474 g/mol. The Morgan fingerprint density at radius 3 is 2.45 bits per heavy atom. The van der Waals surface area contributed by atoms with E-state index in [4.69, 9.17) is 9.47 Å². The minimum atomic E-state index is -3.67. The van der Waals surface area contributed by atoms with Crippen molar-refractivity contribution >= 4 is 21.6 Å². The van der Waals surface area contributed by atoms with Crippen LogP contribution in [0, 0.1) is 0 Å². The summed E-state index contributed by atoms with van der Waals surface area (Å²) >= 11 is 0. The summed E-state index contributed by atoms with van der Waals surface area (Å²) in [5.74, 6) is 1.04. The topological polar surface area (TPSA) is 88.2 Å². The van der Waals surface area contributed by atoms with Gasteiger partial charge < -0.3 is 19.7 Å². The summed E-state index contributed by atoms with van der Waals surface area (Å²) in [4.78, 5) is 15.6. The molecular formula is C24H31N3O5S. The highest BCUT2D eigenvalue weighted by molar-refractivity contribution is 7.89. The normalized spacial score (nSPS) is 15.7. The first kappa shape index (κ1) is 23.4. The summed E-state index contributed by atoms with van der Waals surface area (Å²) < 4.78 is 38.3. The average Bonchev–Trinajstić information content (AvgIpc) is 3.31. The van der Waals surface area contributed by atoms with Gasteiger partial charge in [-0.05, 0) is 55.2 Å². The van der Waals surface area contributed by atoms with Gasteiger partial charge in [0.15, 0.2) is 11.5 Å². The molecule has 2 aromatic carbocycles. The summed E-state index contributed by atoms with van der Waals surface area (Å²) in [6.07, 6.45) is 3.27. The van der Waals surface area contributed by atoms with E-state index >= 15 is 0 Å². The molecule has 1 amide bonds. The summed E-state index contributed by atoms with van der Waals surface area (Å²) in [5, 5.41) is 2.95. The molecule has 0 unspecified atom stereocenters. The van der Waals surface area contributed by atoms with Crippen LogP contribution < -0.4 is 19.7 Å². The van der Waals surface area contributed by atoms with Crippen molar-refractivity contribution in [2.24, 2.45) is 0 Å². The third kappa shape index (κ3) is 4.94. The van der Waals surface area contributed by atoms with Gasteiger partial charge in [0.05, 0.1) is 10.5 Å². The van der Waals surface area contributed by atoms with Crippen LogP contribution in [0.1, 0.15) is 49.0 Å². The molecule has 8 nitrogen and oxygen atoms in total. The zero-order valence-corrected chi connectivity index (χ0v) is 20.0. The lowest BCUT2D eigenvalue weighted by molar-refractivity contribution is 0.0951. The number of benzene rings is 2. The highest BCUT2D eigenvalue weighted by Gasteiger charge is 2.26. The fraction of sp³-hybridized carbons (Fsp3) is 0.458. The fourth-order valence-corrected chi connectivity index (χ4v) is 5.79. The number of nitrogens with one attached hydrogen (secondary N) is 1. The van der Waals surface area contributed by atoms with Gasteiger partial charge in [0.25, 0.3) is 5.91 Å². The SMILES string of the molecule is CCN(CC)S(=O)(=O)c1ccc(N2CCCCC2)c(C(=O)NCc2ccc3c(c2)OCO3)c1. The zero-order valence-electron chi connectivity index (χ0n) is 19.2. The van der Waals surface area contributed by atoms with Crippen LogP contribution in [0.4, 0.5) is 5.69 Å². The quantitative estimate of drug-likeness (QED) is 0.633. The zero-order chi connectivity index (χ0) is 23.4. The molecular weight excluding hydrogens is 442 g/mol. The molecule has 33 heavy (non-hydrogen) atoms. The largest absolute Gasteiger partial charge is 0.454 e. The first-order chi connectivity index (χ1) is 15.9. The first-order valence-electron chi connectivity index (χ1n) is 11.5. The van der Waals surface area contributed by atoms with Crippen LogP contribution in [-0.4, -0.2) is 51.6 Å². The van der Waals surface area contributed by atoms with Gasteiger partial charge in [-0.25, -0.2) is 8.42 Å². The van der Waals surface area contributed by atoms with Gasteiger partial charge in [-0.2, -0.15) is 4.31 Å². The monoisotopic (exact) mass is 473 g/mol. The highest BCUT2D eigenvalue weighted by atomic mass is 32.2. The number of rotatable bonds is 8. The van der Waals surface area contributed by atoms with Crippen molar-refractivity contribution < 1.29 is 22.7 Å². The van der Waals surface area contributed by atoms with E-state index < -0.39 is 10.0 Å². The van der Waals surface area contributed by atoms with Crippen LogP contribution in [0.2, 0.25) is 0 Å². The van der Waals surface area contributed by atoms with Crippen molar-refractivity contribution in [2.45, 2.75) is 44.6 Å². The Kier molecular flexibility index (Phi) is 7.09. The number of hydrogen-bond donors (Lipinski definition) is 1. The molecule has 0 spiro atoms. The molecule has 0 bridgehead atoms. The summed E-state index contributed by atoms with van der Waals surface area (Å²) in [6.45, 7) is 6.55. The van der Waals surface area contributed by atoms with Crippen LogP contribution in [0.15, 0.2) is 41.3 Å². The second-order valence-corrected chi connectivity index (χ2v) is 10.1. The van der Waals surface area contributed by atoms with E-state index in [0.29, 0.717) is 36.7 Å². The van der Waals surface area contributed by atoms with Crippen LogP contribution in [0.5, 0.6) is 11.5 Å². The number of carbonyl (C=O) groups is 1. The number of amides is 1. The molecule has 0 radical (unpaired) electrons. The first-order valence-corrected chi connectivity index (χ1v) is 12.9. The van der Waals surface area contributed by atoms with Crippen LogP contribution in [-0.2, 0) is 16.6 Å². The predicted molar refractivity (Wildman–Crippen MR) is 126 cm³/mol. The van der Waals surface area contributed by atoms with E-state index in [1.54, 1.807) is 12.1 Å². The van der Waals surface area contributed by atoms with Crippen molar-refractivity contribution in [3.05, 3.63) is 47.5 Å². The number of piperidine rings is 1. The number of carbonyl (C=O) groups excluding carboxylic acids is 1. The lowest BCUT2D eigenvalue weighted by Gasteiger charge is -2.31. The Labute approximate surface area is 195 Å². The Hall–Kier alpha value is -2.78. The summed E-state index contributed by atoms with van der Waals surface area (Å²) in [7, 11) is -3.67. The number of sulfonamides is 1. The van der Waals surface area contributed by atoms with Gasteiger partial charge >= 0.3 is 0 Å². The third-order valence-corrected chi connectivity index (χ3v) is 8.19. The molecule has 1 fully saturated rings. The third-order valence-electron chi connectivity index (χ3n) is 6.14. The van der Waals surface area contributed by atoms with Crippen LogP contribution in [0.3, 0.4) is 0 Å². The maximum absolute atomic E-state index is 13.3. The molecule has 0 saturated carbocycles. The predicted octanol–water partition coefficient (Wildman–Crippen LogP) is 3.37. The summed E-state index contributed by atoms with van der Waals surface area (Å²) in [6, 6.07) is 10.5. The molecule has 0 atom stereocenters. The highest BCUT2D eigenvalue weighted by Crippen LogP contribution is 2.33. The molecule has 2 aromatic rings. The van der Waals surface area contributed by atoms with Gasteiger partial charge in [-0.3, -0.25) is 4.79 Å². The van der Waals surface area contributed by atoms with E-state index in [1.165, 1.54) is 10.4 Å². The molecule has 1 N–H and O–H groups in total. The molecule has 1 saturated heterocycles. The number of hydrogen-bond acceptors (Lipinski definition) is 6. The van der Waals surface area contributed by atoms with E-state index in [9.17, 15) is 13.2 Å². The Balaban J connectivity index is 1.62. The molecule has 4 rings (SSSR count). The van der Waals surface area contributed by atoms with Gasteiger partial charge in [0.1, 0.15) is 0 Å². The summed E-state index contributed by atoms with van der Waals surface area (Å²) in [5.41, 5.74) is 2.03. The number of anilines is 1. The smallest absolute Gasteiger partial charge is 0.253 e. The van der Waals surface area contributed by atoms with Crippen molar-refractivity contribution in [1.82, 2.24) is 9.62 Å². The molecule has 0 aliphatic carbocycles. The van der Waals surface area contributed by atoms with Crippen LogP contribution >= 0.6 is 0 Å². The van der Waals surface area contributed by atoms with Gasteiger partial charge in [0.2, 0.25) is 16.8 Å². The van der Waals surface area contributed by atoms with Crippen molar-refractivity contribution in [3.63, 3.8) is 0 Å². The fourth-order valence-electron chi connectivity index (χ4n) is 4.31. The number of nitrogens with zero attached hydrogens (tertiary/aromatic N) is 2. The second kappa shape index (κ2) is 10.0. The Bertz CT molecular complexity index is 1110. The maximum Gasteiger partial charge on any atom is 0.253 e. The molecule has 9 heteroatoms. The minimum absolute atomic E-state index is 0.139. The molecule has 2 aliphatic heterocycles. The second-order valence-electron chi connectivity index (χ2n) is 8.19. The number of fused-ring (bicyclic) bond motifs is 1. The minimum Gasteiger partial charge on any atom is -0.454 e. The lowest BCUT2D eigenvalue weighted by atomic mass is 10.1. The molecule has 2 aliphatic rings. The van der Waals surface area contributed by atoms with E-state index in [2.05, 4.69) is 10.2 Å². The number of ether oxygens (including phenoxy) is 2. The van der Waals surface area contributed by atoms with Gasteiger partial charge in [-0.15, -0.1) is 0 Å². The standard InChI is InChI=1S/C24H31N3O5S/c1-3-27(4-2)33(29,30)19-9-10-21(26-12-6-5-7-13-26)20(15-19)24(28)25-16-18-8-11-22-23(14-18)32-17-31-22/h8-11,14-15H,3-7,12-13,16-17H2,1-2H3,(H,25,28). The molecule has 0 aromatic heterocycles. The van der Waals surface area contributed by atoms with Crippen molar-refractivity contribution in [3.8, 4) is 11.5 Å². The van der Waals surface area contributed by atoms with Crippen molar-refractivity contribution in [1.29, 1.82) is 0 Å². The van der Waals surface area contributed by atoms with Gasteiger partial charge in [0, 0.05) is 38.4 Å². The van der Waals surface area contributed by atoms with E-state index in [1.807, 2.05) is 32.0 Å². The molecule has 178 valence electrons. The lowest BCUT2D eigenvalue weighted by Crippen LogP contribution is -2.34. The van der Waals surface area contributed by atoms with Crippen LogP contribution in [0.25, 0.3) is 0 Å². The van der Waals surface area contributed by atoms with Gasteiger partial charge in [-0.1, -0.05) is 19.9 Å².